The molecule has 0 atom stereocenters. The average Bonchev–Trinajstić information content (AvgIpc) is 3.89. The minimum atomic E-state index is 0.759. The molecule has 53 heavy (non-hydrogen) atoms. The van der Waals surface area contributed by atoms with Gasteiger partial charge in [-0.1, -0.05) is 127 Å². The molecule has 0 saturated carbocycles. The number of benzene rings is 8. The molecule has 0 spiro atoms. The Balaban J connectivity index is 1.20. The third-order valence-corrected chi connectivity index (χ3v) is 13.1. The van der Waals surface area contributed by atoms with Crippen LogP contribution in [0.2, 0.25) is 0 Å². The summed E-state index contributed by atoms with van der Waals surface area (Å²) in [4.78, 5) is 11.9. The third-order valence-electron chi connectivity index (χ3n) is 10.8. The van der Waals surface area contributed by atoms with Gasteiger partial charge in [0.15, 0.2) is 5.82 Å². The van der Waals surface area contributed by atoms with Crippen molar-refractivity contribution in [2.75, 3.05) is 0 Å². The molecule has 0 aliphatic rings. The van der Waals surface area contributed by atoms with Crippen LogP contribution < -0.4 is 0 Å². The van der Waals surface area contributed by atoms with Crippen molar-refractivity contribution in [3.63, 3.8) is 0 Å². The summed E-state index contributed by atoms with van der Waals surface area (Å²) >= 11 is 3.60. The smallest absolute Gasteiger partial charge is 0.162 e. The highest BCUT2D eigenvalue weighted by Gasteiger charge is 2.23. The molecular formula is C48H27N3S2. The van der Waals surface area contributed by atoms with E-state index in [1.807, 2.05) is 11.3 Å². The van der Waals surface area contributed by atoms with Gasteiger partial charge in [0.25, 0.3) is 0 Å². The molecule has 4 aromatic heterocycles. The minimum Gasteiger partial charge on any atom is -0.308 e. The molecule has 4 heterocycles. The standard InChI is InChI=1S/C48H27N3S2/c1-2-13-28(14-3-1)44-43-34-20-9-11-24-41(34)52-48(43)50-47(49-44)37-26-31-17-6-7-18-32(31)42-35-21-12-23-39(45(35)53-46(37)42)51-38-22-10-8-19-33(38)36-25-29-15-4-5-16-30(29)27-40(36)51/h1-27H. The maximum absolute atomic E-state index is 5.47. The lowest BCUT2D eigenvalue weighted by atomic mass is 9.99. The molecule has 0 bridgehead atoms. The zero-order valence-electron chi connectivity index (χ0n) is 28.2. The lowest BCUT2D eigenvalue weighted by Gasteiger charge is -2.10. The monoisotopic (exact) mass is 709 g/mol. The maximum atomic E-state index is 5.47. The maximum Gasteiger partial charge on any atom is 0.162 e. The van der Waals surface area contributed by atoms with Crippen LogP contribution in [0.4, 0.5) is 0 Å². The third kappa shape index (κ3) is 4.20. The van der Waals surface area contributed by atoms with Crippen molar-refractivity contribution in [1.82, 2.24) is 14.5 Å². The molecule has 0 fully saturated rings. The van der Waals surface area contributed by atoms with Crippen molar-refractivity contribution in [3.05, 3.63) is 164 Å². The molecule has 0 unspecified atom stereocenters. The fourth-order valence-corrected chi connectivity index (χ4v) is 10.8. The molecule has 0 N–H and O–H groups in total. The highest BCUT2D eigenvalue weighted by molar-refractivity contribution is 7.27. The van der Waals surface area contributed by atoms with Gasteiger partial charge in [-0.15, -0.1) is 22.7 Å². The SMILES string of the molecule is c1ccc(-c2nc(-c3cc4ccccc4c4c3sc3c(-n5c6ccccc6c6cc7ccccc7cc65)cccc34)nc3sc4ccccc4c23)cc1. The Bertz CT molecular complexity index is 3460. The lowest BCUT2D eigenvalue weighted by molar-refractivity contribution is 1.20. The van der Waals surface area contributed by atoms with Crippen molar-refractivity contribution in [2.24, 2.45) is 0 Å². The van der Waals surface area contributed by atoms with Crippen LogP contribution in [0, 0.1) is 0 Å². The van der Waals surface area contributed by atoms with Gasteiger partial charge in [0, 0.05) is 52.8 Å². The zero-order valence-corrected chi connectivity index (χ0v) is 29.9. The first kappa shape index (κ1) is 29.2. The Kier molecular flexibility index (Phi) is 6.09. The number of para-hydroxylation sites is 1. The summed E-state index contributed by atoms with van der Waals surface area (Å²) < 4.78 is 6.16. The van der Waals surface area contributed by atoms with Crippen molar-refractivity contribution < 1.29 is 0 Å². The van der Waals surface area contributed by atoms with E-state index in [4.69, 9.17) is 9.97 Å². The molecule has 0 amide bonds. The van der Waals surface area contributed by atoms with Crippen LogP contribution in [-0.2, 0) is 0 Å². The van der Waals surface area contributed by atoms with Gasteiger partial charge in [0.1, 0.15) is 4.83 Å². The Labute approximate surface area is 311 Å². The molecular weight excluding hydrogens is 683 g/mol. The van der Waals surface area contributed by atoms with Crippen LogP contribution >= 0.6 is 22.7 Å². The molecule has 0 saturated heterocycles. The van der Waals surface area contributed by atoms with E-state index in [0.29, 0.717) is 0 Å². The number of thiophene rings is 2. The van der Waals surface area contributed by atoms with Crippen LogP contribution in [0.1, 0.15) is 0 Å². The Morgan fingerprint density at radius 1 is 0.434 bits per heavy atom. The summed E-state index contributed by atoms with van der Waals surface area (Å²) in [7, 11) is 0. The largest absolute Gasteiger partial charge is 0.308 e. The van der Waals surface area contributed by atoms with Crippen molar-refractivity contribution in [1.29, 1.82) is 0 Å². The van der Waals surface area contributed by atoms with Crippen LogP contribution in [0.25, 0.3) is 112 Å². The highest BCUT2D eigenvalue weighted by Crippen LogP contribution is 2.48. The fraction of sp³-hybridized carbons (Fsp3) is 0. The van der Waals surface area contributed by atoms with Gasteiger partial charge in [-0.2, -0.15) is 0 Å². The second-order valence-electron chi connectivity index (χ2n) is 13.7. The number of fused-ring (bicyclic) bond motifs is 12. The van der Waals surface area contributed by atoms with Gasteiger partial charge in [-0.3, -0.25) is 0 Å². The number of hydrogen-bond acceptors (Lipinski definition) is 4. The van der Waals surface area contributed by atoms with Crippen LogP contribution in [-0.4, -0.2) is 14.5 Å². The molecule has 246 valence electrons. The number of rotatable bonds is 3. The first-order valence-electron chi connectivity index (χ1n) is 17.8. The summed E-state index contributed by atoms with van der Waals surface area (Å²) in [5, 5.41) is 12.3. The average molecular weight is 710 g/mol. The van der Waals surface area contributed by atoms with Crippen LogP contribution in [0.3, 0.4) is 0 Å². The van der Waals surface area contributed by atoms with E-state index in [1.54, 1.807) is 11.3 Å². The Hall–Kier alpha value is -6.40. The summed E-state index contributed by atoms with van der Waals surface area (Å²) in [6, 6.07) is 59.3. The number of aromatic nitrogens is 3. The topological polar surface area (TPSA) is 30.7 Å². The van der Waals surface area contributed by atoms with Gasteiger partial charge in [-0.25, -0.2) is 9.97 Å². The van der Waals surface area contributed by atoms with E-state index in [2.05, 4.69) is 168 Å². The fourth-order valence-electron chi connectivity index (χ4n) is 8.44. The molecule has 5 heteroatoms. The van der Waals surface area contributed by atoms with Crippen LogP contribution in [0.5, 0.6) is 0 Å². The van der Waals surface area contributed by atoms with Crippen LogP contribution in [0.15, 0.2) is 164 Å². The Morgan fingerprint density at radius 3 is 2.00 bits per heavy atom. The van der Waals surface area contributed by atoms with E-state index in [-0.39, 0.29) is 0 Å². The van der Waals surface area contributed by atoms with E-state index in [0.717, 1.165) is 32.9 Å². The first-order chi connectivity index (χ1) is 26.3. The summed E-state index contributed by atoms with van der Waals surface area (Å²) in [6.45, 7) is 0. The van der Waals surface area contributed by atoms with Gasteiger partial charge in [-0.05, 0) is 57.9 Å². The number of nitrogens with zero attached hydrogens (tertiary/aromatic N) is 3. The minimum absolute atomic E-state index is 0.759. The summed E-state index contributed by atoms with van der Waals surface area (Å²) in [6.07, 6.45) is 0. The van der Waals surface area contributed by atoms with Gasteiger partial charge in [0.05, 0.1) is 27.1 Å². The second kappa shape index (κ2) is 11.1. The molecule has 0 aliphatic carbocycles. The lowest BCUT2D eigenvalue weighted by Crippen LogP contribution is -1.94. The summed E-state index contributed by atoms with van der Waals surface area (Å²) in [5.41, 5.74) is 6.74. The predicted octanol–water partition coefficient (Wildman–Crippen LogP) is 13.9. The molecule has 12 aromatic rings. The van der Waals surface area contributed by atoms with Gasteiger partial charge in [0.2, 0.25) is 0 Å². The quantitative estimate of drug-likeness (QED) is 0.183. The summed E-state index contributed by atoms with van der Waals surface area (Å²) in [5.74, 6) is 0.759. The molecule has 0 aliphatic heterocycles. The van der Waals surface area contributed by atoms with E-state index < -0.39 is 0 Å². The van der Waals surface area contributed by atoms with Gasteiger partial charge >= 0.3 is 0 Å². The van der Waals surface area contributed by atoms with Crippen molar-refractivity contribution in [3.8, 4) is 28.3 Å². The molecule has 0 radical (unpaired) electrons. The van der Waals surface area contributed by atoms with E-state index >= 15 is 0 Å². The van der Waals surface area contributed by atoms with E-state index in [9.17, 15) is 0 Å². The highest BCUT2D eigenvalue weighted by atomic mass is 32.1. The number of hydrogen-bond donors (Lipinski definition) is 0. The van der Waals surface area contributed by atoms with Crippen molar-refractivity contribution >= 4 is 106 Å². The second-order valence-corrected chi connectivity index (χ2v) is 15.8. The van der Waals surface area contributed by atoms with Gasteiger partial charge < -0.3 is 4.57 Å². The normalized spacial score (nSPS) is 12.2. The van der Waals surface area contributed by atoms with Crippen molar-refractivity contribution in [2.45, 2.75) is 0 Å². The first-order valence-corrected chi connectivity index (χ1v) is 19.5. The molecule has 8 aromatic carbocycles. The Morgan fingerprint density at radius 2 is 1.13 bits per heavy atom. The predicted molar refractivity (Wildman–Crippen MR) is 228 cm³/mol. The molecule has 12 rings (SSSR count). The molecule has 3 nitrogen and oxygen atoms in total. The zero-order chi connectivity index (χ0) is 34.6. The van der Waals surface area contributed by atoms with E-state index in [1.165, 1.54) is 79.3 Å².